The fourth-order valence-corrected chi connectivity index (χ4v) is 2.74. The van der Waals surface area contributed by atoms with Crippen molar-refractivity contribution >= 4 is 5.97 Å². The van der Waals surface area contributed by atoms with Crippen LogP contribution in [0.15, 0.2) is 0 Å². The molecule has 0 heterocycles. The van der Waals surface area contributed by atoms with Crippen molar-refractivity contribution in [1.29, 1.82) is 0 Å². The minimum Gasteiger partial charge on any atom is -0.469 e. The molecule has 0 spiro atoms. The molecule has 68 valence electrons. The van der Waals surface area contributed by atoms with E-state index in [9.17, 15) is 9.90 Å². The number of fused-ring (bicyclic) bond motifs is 2. The van der Waals surface area contributed by atoms with Crippen LogP contribution in [-0.2, 0) is 9.53 Å². The summed E-state index contributed by atoms with van der Waals surface area (Å²) in [6.07, 6.45) is 2.57. The zero-order valence-corrected chi connectivity index (χ0v) is 7.19. The van der Waals surface area contributed by atoms with Crippen LogP contribution < -0.4 is 0 Å². The van der Waals surface area contributed by atoms with E-state index in [4.69, 9.17) is 0 Å². The normalized spacial score (nSPS) is 44.8. The number of hydrogen-bond donors (Lipinski definition) is 1. The highest BCUT2D eigenvalue weighted by Crippen LogP contribution is 2.48. The third-order valence-electron chi connectivity index (χ3n) is 3.28. The van der Waals surface area contributed by atoms with Crippen LogP contribution in [0.25, 0.3) is 0 Å². The van der Waals surface area contributed by atoms with E-state index >= 15 is 0 Å². The van der Waals surface area contributed by atoms with E-state index in [0.717, 1.165) is 19.3 Å². The summed E-state index contributed by atoms with van der Waals surface area (Å²) in [5.41, 5.74) is 0. The van der Waals surface area contributed by atoms with Gasteiger partial charge in [-0.25, -0.2) is 0 Å². The van der Waals surface area contributed by atoms with Crippen LogP contribution in [0.4, 0.5) is 0 Å². The molecule has 2 bridgehead atoms. The Morgan fingerprint density at radius 1 is 1.42 bits per heavy atom. The molecule has 0 aliphatic heterocycles. The molecule has 2 aliphatic carbocycles. The van der Waals surface area contributed by atoms with Gasteiger partial charge in [0.2, 0.25) is 0 Å². The topological polar surface area (TPSA) is 46.5 Å². The van der Waals surface area contributed by atoms with Crippen LogP contribution in [-0.4, -0.2) is 24.3 Å². The van der Waals surface area contributed by atoms with Gasteiger partial charge in [0.05, 0.1) is 19.1 Å². The van der Waals surface area contributed by atoms with Crippen molar-refractivity contribution in [2.75, 3.05) is 7.11 Å². The Labute approximate surface area is 71.7 Å². The van der Waals surface area contributed by atoms with Gasteiger partial charge in [-0.3, -0.25) is 4.79 Å². The summed E-state index contributed by atoms with van der Waals surface area (Å²) in [5, 5.41) is 9.53. The minimum absolute atomic E-state index is 0.0243. The van der Waals surface area contributed by atoms with Crippen LogP contribution in [0, 0.1) is 17.8 Å². The molecule has 4 unspecified atom stereocenters. The number of methoxy groups -OCH3 is 1. The van der Waals surface area contributed by atoms with Gasteiger partial charge in [0.15, 0.2) is 0 Å². The molecule has 0 saturated heterocycles. The lowest BCUT2D eigenvalue weighted by molar-refractivity contribution is -0.149. The maximum atomic E-state index is 11.2. The number of rotatable bonds is 1. The maximum absolute atomic E-state index is 11.2. The molecule has 1 N–H and O–H groups in total. The number of ether oxygens (including phenoxy) is 1. The summed E-state index contributed by atoms with van der Waals surface area (Å²) >= 11 is 0. The van der Waals surface area contributed by atoms with Gasteiger partial charge in [-0.1, -0.05) is 0 Å². The Morgan fingerprint density at radius 3 is 2.67 bits per heavy atom. The number of esters is 1. The molecular formula is C9H14O3. The first-order valence-electron chi connectivity index (χ1n) is 4.48. The Bertz CT molecular complexity index is 202. The highest BCUT2D eigenvalue weighted by molar-refractivity contribution is 5.73. The standard InChI is InChI=1S/C9H14O3/c1-12-9(11)7-3-5-2-6(7)8(10)4-5/h5-8,10H,2-4H2,1H3. The van der Waals surface area contributed by atoms with Crippen molar-refractivity contribution in [3.8, 4) is 0 Å². The Morgan fingerprint density at radius 2 is 2.17 bits per heavy atom. The third-order valence-corrected chi connectivity index (χ3v) is 3.28. The van der Waals surface area contributed by atoms with E-state index in [2.05, 4.69) is 4.74 Å². The molecular weight excluding hydrogens is 156 g/mol. The van der Waals surface area contributed by atoms with Gasteiger partial charge in [-0.15, -0.1) is 0 Å². The number of aliphatic hydroxyl groups excluding tert-OH is 1. The van der Waals surface area contributed by atoms with Gasteiger partial charge in [-0.2, -0.15) is 0 Å². The fourth-order valence-electron chi connectivity index (χ4n) is 2.74. The van der Waals surface area contributed by atoms with Gasteiger partial charge < -0.3 is 9.84 Å². The van der Waals surface area contributed by atoms with Gasteiger partial charge in [0.1, 0.15) is 0 Å². The van der Waals surface area contributed by atoms with E-state index in [-0.39, 0.29) is 23.9 Å². The van der Waals surface area contributed by atoms with Crippen molar-refractivity contribution in [3.05, 3.63) is 0 Å². The van der Waals surface area contributed by atoms with E-state index < -0.39 is 0 Å². The average molecular weight is 170 g/mol. The first kappa shape index (κ1) is 8.05. The average Bonchev–Trinajstić information content (AvgIpc) is 2.60. The number of hydrogen-bond acceptors (Lipinski definition) is 3. The molecule has 4 atom stereocenters. The first-order valence-corrected chi connectivity index (χ1v) is 4.48. The molecule has 0 aromatic rings. The van der Waals surface area contributed by atoms with Crippen molar-refractivity contribution in [1.82, 2.24) is 0 Å². The molecule has 0 amide bonds. The number of carbonyl (C=O) groups excluding carboxylic acids is 1. The Kier molecular flexibility index (Phi) is 1.83. The number of carbonyl (C=O) groups is 1. The van der Waals surface area contributed by atoms with Crippen LogP contribution in [0.5, 0.6) is 0 Å². The SMILES string of the molecule is COC(=O)C1CC2CC(O)C1C2. The highest BCUT2D eigenvalue weighted by Gasteiger charge is 2.48. The second-order valence-corrected chi connectivity index (χ2v) is 3.93. The Hall–Kier alpha value is -0.570. The van der Waals surface area contributed by atoms with E-state index in [1.165, 1.54) is 7.11 Å². The van der Waals surface area contributed by atoms with Crippen molar-refractivity contribution in [2.45, 2.75) is 25.4 Å². The third kappa shape index (κ3) is 1.04. The van der Waals surface area contributed by atoms with E-state index in [0.29, 0.717) is 5.92 Å². The lowest BCUT2D eigenvalue weighted by atomic mass is 9.87. The number of aliphatic hydroxyl groups is 1. The van der Waals surface area contributed by atoms with Gasteiger partial charge in [0.25, 0.3) is 0 Å². The monoisotopic (exact) mass is 170 g/mol. The smallest absolute Gasteiger partial charge is 0.309 e. The van der Waals surface area contributed by atoms with Crippen LogP contribution in [0.1, 0.15) is 19.3 Å². The molecule has 0 aromatic carbocycles. The van der Waals surface area contributed by atoms with Crippen molar-refractivity contribution < 1.29 is 14.6 Å². The zero-order chi connectivity index (χ0) is 8.72. The van der Waals surface area contributed by atoms with Crippen molar-refractivity contribution in [2.24, 2.45) is 17.8 Å². The molecule has 0 aromatic heterocycles. The second-order valence-electron chi connectivity index (χ2n) is 3.93. The molecule has 2 aliphatic rings. The zero-order valence-electron chi connectivity index (χ0n) is 7.19. The summed E-state index contributed by atoms with van der Waals surface area (Å²) in [5.74, 6) is 0.585. The van der Waals surface area contributed by atoms with Crippen molar-refractivity contribution in [3.63, 3.8) is 0 Å². The Balaban J connectivity index is 2.07. The molecule has 3 heteroatoms. The van der Waals surface area contributed by atoms with Crippen LogP contribution in [0.2, 0.25) is 0 Å². The lowest BCUT2D eigenvalue weighted by Crippen LogP contribution is -2.30. The van der Waals surface area contributed by atoms with Gasteiger partial charge in [-0.05, 0) is 31.1 Å². The van der Waals surface area contributed by atoms with E-state index in [1.54, 1.807) is 0 Å². The van der Waals surface area contributed by atoms with Gasteiger partial charge in [0, 0.05) is 0 Å². The van der Waals surface area contributed by atoms with Crippen LogP contribution >= 0.6 is 0 Å². The fraction of sp³-hybridized carbons (Fsp3) is 0.889. The lowest BCUT2D eigenvalue weighted by Gasteiger charge is -2.23. The molecule has 2 saturated carbocycles. The predicted octanol–water partition coefficient (Wildman–Crippen LogP) is 0.566. The largest absolute Gasteiger partial charge is 0.469 e. The van der Waals surface area contributed by atoms with Gasteiger partial charge >= 0.3 is 5.97 Å². The summed E-state index contributed by atoms with van der Waals surface area (Å²) in [7, 11) is 1.42. The molecule has 3 nitrogen and oxygen atoms in total. The second kappa shape index (κ2) is 2.73. The molecule has 2 rings (SSSR count). The van der Waals surface area contributed by atoms with E-state index in [1.807, 2.05) is 0 Å². The summed E-state index contributed by atoms with van der Waals surface area (Å²) in [6.45, 7) is 0. The summed E-state index contributed by atoms with van der Waals surface area (Å²) in [6, 6.07) is 0. The quantitative estimate of drug-likeness (QED) is 0.585. The first-order chi connectivity index (χ1) is 5.72. The molecule has 2 fully saturated rings. The predicted molar refractivity (Wildman–Crippen MR) is 42.3 cm³/mol. The molecule has 0 radical (unpaired) electrons. The maximum Gasteiger partial charge on any atom is 0.309 e. The van der Waals surface area contributed by atoms with Crippen LogP contribution in [0.3, 0.4) is 0 Å². The minimum atomic E-state index is -0.257. The summed E-state index contributed by atoms with van der Waals surface area (Å²) < 4.78 is 4.69. The summed E-state index contributed by atoms with van der Waals surface area (Å²) in [4.78, 5) is 11.2. The molecule has 12 heavy (non-hydrogen) atoms. The highest BCUT2D eigenvalue weighted by atomic mass is 16.5.